The molecule has 3 heterocycles. The van der Waals surface area contributed by atoms with Crippen molar-refractivity contribution in [2.45, 2.75) is 4.90 Å². The van der Waals surface area contributed by atoms with Gasteiger partial charge in [0.2, 0.25) is 5.95 Å². The number of fused-ring (bicyclic) bond motifs is 1. The van der Waals surface area contributed by atoms with E-state index in [1.807, 2.05) is 0 Å². The van der Waals surface area contributed by atoms with Gasteiger partial charge in [-0.15, -0.1) is 0 Å². The molecule has 11 nitrogen and oxygen atoms in total. The van der Waals surface area contributed by atoms with E-state index in [4.69, 9.17) is 0 Å². The molecule has 0 amide bonds. The Labute approximate surface area is 176 Å². The van der Waals surface area contributed by atoms with Crippen LogP contribution in [0.4, 0.5) is 17.3 Å². The Morgan fingerprint density at radius 3 is 2.23 bits per heavy atom. The zero-order chi connectivity index (χ0) is 22.2. The zero-order valence-electron chi connectivity index (χ0n) is 16.5. The number of sulfonamides is 1. The minimum absolute atomic E-state index is 0.0170. The van der Waals surface area contributed by atoms with Crippen LogP contribution in [-0.2, 0) is 24.1 Å². The number of anilines is 3. The van der Waals surface area contributed by atoms with Gasteiger partial charge in [-0.3, -0.25) is 13.9 Å². The second-order valence-electron chi connectivity index (χ2n) is 6.59. The van der Waals surface area contributed by atoms with E-state index in [0.717, 1.165) is 4.57 Å². The van der Waals surface area contributed by atoms with E-state index in [1.165, 1.54) is 49.4 Å². The molecular formula is C19H17N7O4S. The fourth-order valence-electron chi connectivity index (χ4n) is 2.99. The Balaban J connectivity index is 1.67. The van der Waals surface area contributed by atoms with Gasteiger partial charge in [-0.05, 0) is 36.4 Å². The molecule has 31 heavy (non-hydrogen) atoms. The molecule has 0 radical (unpaired) electrons. The van der Waals surface area contributed by atoms with Crippen LogP contribution in [0.25, 0.3) is 11.0 Å². The molecule has 158 valence electrons. The predicted octanol–water partition coefficient (Wildman–Crippen LogP) is 0.967. The quantitative estimate of drug-likeness (QED) is 0.469. The molecule has 3 aromatic heterocycles. The summed E-state index contributed by atoms with van der Waals surface area (Å²) in [5.41, 5.74) is 0.252. The van der Waals surface area contributed by atoms with Crippen molar-refractivity contribution in [3.8, 4) is 0 Å². The lowest BCUT2D eigenvalue weighted by Crippen LogP contribution is -2.37. The van der Waals surface area contributed by atoms with Crippen molar-refractivity contribution < 1.29 is 8.42 Å². The van der Waals surface area contributed by atoms with Gasteiger partial charge in [0.1, 0.15) is 5.39 Å². The van der Waals surface area contributed by atoms with Crippen molar-refractivity contribution in [3.63, 3.8) is 0 Å². The maximum atomic E-state index is 12.6. The average Bonchev–Trinajstić information content (AvgIpc) is 2.77. The number of nitrogens with one attached hydrogen (secondary N) is 2. The summed E-state index contributed by atoms with van der Waals surface area (Å²) >= 11 is 0. The second-order valence-corrected chi connectivity index (χ2v) is 8.27. The fraction of sp³-hybridized carbons (Fsp3) is 0.105. The molecule has 0 aliphatic carbocycles. The number of hydrogen-bond donors (Lipinski definition) is 2. The molecule has 4 aromatic rings. The predicted molar refractivity (Wildman–Crippen MR) is 115 cm³/mol. The van der Waals surface area contributed by atoms with E-state index < -0.39 is 21.3 Å². The highest BCUT2D eigenvalue weighted by Crippen LogP contribution is 2.23. The van der Waals surface area contributed by atoms with E-state index >= 15 is 0 Å². The van der Waals surface area contributed by atoms with Crippen LogP contribution in [0.2, 0.25) is 0 Å². The normalized spacial score (nSPS) is 11.4. The Bertz CT molecular complexity index is 1500. The molecule has 0 spiro atoms. The average molecular weight is 439 g/mol. The molecule has 0 unspecified atom stereocenters. The minimum atomic E-state index is -3.86. The van der Waals surface area contributed by atoms with Crippen LogP contribution in [0.3, 0.4) is 0 Å². The third kappa shape index (κ3) is 3.75. The topological polar surface area (TPSA) is 141 Å². The molecule has 0 fully saturated rings. The summed E-state index contributed by atoms with van der Waals surface area (Å²) in [4.78, 5) is 36.6. The van der Waals surface area contributed by atoms with Gasteiger partial charge in [0.05, 0.1) is 10.6 Å². The Morgan fingerprint density at radius 1 is 0.871 bits per heavy atom. The van der Waals surface area contributed by atoms with Gasteiger partial charge in [0.25, 0.3) is 15.6 Å². The van der Waals surface area contributed by atoms with E-state index in [2.05, 4.69) is 25.0 Å². The molecule has 12 heteroatoms. The Kier molecular flexibility index (Phi) is 4.99. The molecule has 0 bridgehead atoms. The fourth-order valence-corrected chi connectivity index (χ4v) is 3.95. The van der Waals surface area contributed by atoms with Crippen LogP contribution in [0.5, 0.6) is 0 Å². The highest BCUT2D eigenvalue weighted by Gasteiger charge is 2.16. The Morgan fingerprint density at radius 2 is 1.55 bits per heavy atom. The lowest BCUT2D eigenvalue weighted by Gasteiger charge is -2.12. The lowest BCUT2D eigenvalue weighted by molar-refractivity contribution is 0.601. The molecule has 0 saturated heterocycles. The largest absolute Gasteiger partial charge is 0.355 e. The van der Waals surface area contributed by atoms with E-state index in [1.54, 1.807) is 24.3 Å². The lowest BCUT2D eigenvalue weighted by atomic mass is 10.2. The highest BCUT2D eigenvalue weighted by molar-refractivity contribution is 7.92. The number of aromatic nitrogens is 5. The van der Waals surface area contributed by atoms with Gasteiger partial charge < -0.3 is 5.32 Å². The summed E-state index contributed by atoms with van der Waals surface area (Å²) in [5, 5.41) is 3.32. The van der Waals surface area contributed by atoms with Crippen LogP contribution in [0.15, 0.2) is 69.5 Å². The number of aryl methyl sites for hydroxylation is 1. The summed E-state index contributed by atoms with van der Waals surface area (Å²) < 4.78 is 29.6. The van der Waals surface area contributed by atoms with Crippen LogP contribution >= 0.6 is 0 Å². The summed E-state index contributed by atoms with van der Waals surface area (Å²) in [6.07, 6.45) is 4.33. The summed E-state index contributed by atoms with van der Waals surface area (Å²) in [6.45, 7) is 0. The first-order chi connectivity index (χ1) is 14.8. The van der Waals surface area contributed by atoms with E-state index in [0.29, 0.717) is 11.4 Å². The standard InChI is InChI=1S/C19H17N7O4S/c1-25-16-15(17(27)26(2)19(25)28)14(8-11-20-16)23-12-4-6-13(7-5-12)31(29,30)24-18-21-9-3-10-22-18/h3-11H,1-2H3,(H,20,23)(H,21,22,24). The molecule has 1 aromatic carbocycles. The summed E-state index contributed by atoms with van der Waals surface area (Å²) in [6, 6.07) is 9.10. The molecule has 4 rings (SSSR count). The van der Waals surface area contributed by atoms with Gasteiger partial charge in [-0.1, -0.05) is 0 Å². The molecule has 0 atom stereocenters. The van der Waals surface area contributed by atoms with Crippen molar-refractivity contribution >= 4 is 38.4 Å². The number of nitrogens with zero attached hydrogens (tertiary/aromatic N) is 5. The van der Waals surface area contributed by atoms with Crippen LogP contribution < -0.4 is 21.3 Å². The first kappa shape index (κ1) is 20.2. The van der Waals surface area contributed by atoms with Crippen molar-refractivity contribution in [1.82, 2.24) is 24.1 Å². The Hall–Kier alpha value is -4.06. The maximum absolute atomic E-state index is 12.6. The first-order valence-electron chi connectivity index (χ1n) is 8.99. The van der Waals surface area contributed by atoms with Crippen LogP contribution in [-0.4, -0.2) is 32.5 Å². The SMILES string of the molecule is Cn1c(=O)c2c(Nc3ccc(S(=O)(=O)Nc4ncccn4)cc3)ccnc2n(C)c1=O. The van der Waals surface area contributed by atoms with E-state index in [9.17, 15) is 18.0 Å². The van der Waals surface area contributed by atoms with E-state index in [-0.39, 0.29) is 21.9 Å². The van der Waals surface area contributed by atoms with Gasteiger partial charge >= 0.3 is 5.69 Å². The van der Waals surface area contributed by atoms with Crippen LogP contribution in [0, 0.1) is 0 Å². The van der Waals surface area contributed by atoms with Crippen molar-refractivity contribution in [3.05, 3.63) is 75.8 Å². The number of benzene rings is 1. The minimum Gasteiger partial charge on any atom is -0.355 e. The van der Waals surface area contributed by atoms with Gasteiger partial charge in [-0.25, -0.2) is 32.9 Å². The van der Waals surface area contributed by atoms with Gasteiger partial charge in [0, 0.05) is 38.4 Å². The maximum Gasteiger partial charge on any atom is 0.332 e. The molecule has 2 N–H and O–H groups in total. The number of hydrogen-bond acceptors (Lipinski definition) is 8. The molecular weight excluding hydrogens is 422 g/mol. The van der Waals surface area contributed by atoms with Gasteiger partial charge in [-0.2, -0.15) is 0 Å². The molecule has 0 aliphatic heterocycles. The van der Waals surface area contributed by atoms with Crippen molar-refractivity contribution in [2.24, 2.45) is 14.1 Å². The van der Waals surface area contributed by atoms with Crippen LogP contribution in [0.1, 0.15) is 0 Å². The van der Waals surface area contributed by atoms with Crippen molar-refractivity contribution in [1.29, 1.82) is 0 Å². The smallest absolute Gasteiger partial charge is 0.332 e. The first-order valence-corrected chi connectivity index (χ1v) is 10.5. The third-order valence-corrected chi connectivity index (χ3v) is 5.92. The van der Waals surface area contributed by atoms with Gasteiger partial charge in [0.15, 0.2) is 5.65 Å². The zero-order valence-corrected chi connectivity index (χ0v) is 17.3. The molecule has 0 saturated carbocycles. The monoisotopic (exact) mass is 439 g/mol. The summed E-state index contributed by atoms with van der Waals surface area (Å²) in [7, 11) is -0.940. The third-order valence-electron chi connectivity index (χ3n) is 4.58. The number of rotatable bonds is 5. The number of pyridine rings is 1. The molecule has 0 aliphatic rings. The summed E-state index contributed by atoms with van der Waals surface area (Å²) in [5.74, 6) is -0.0329. The second kappa shape index (κ2) is 7.65. The highest BCUT2D eigenvalue weighted by atomic mass is 32.2. The van der Waals surface area contributed by atoms with Crippen molar-refractivity contribution in [2.75, 3.05) is 10.0 Å².